The Kier molecular flexibility index (Phi) is 9.12. The van der Waals surface area contributed by atoms with Gasteiger partial charge < -0.3 is 19.4 Å². The van der Waals surface area contributed by atoms with Crippen LogP contribution in [0.4, 0.5) is 16.5 Å². The highest BCUT2D eigenvalue weighted by Gasteiger charge is 2.26. The topological polar surface area (TPSA) is 114 Å². The van der Waals surface area contributed by atoms with Crippen LogP contribution in [-0.2, 0) is 22.5 Å². The zero-order valence-electron chi connectivity index (χ0n) is 23.7. The summed E-state index contributed by atoms with van der Waals surface area (Å²) in [7, 11) is 1.73. The van der Waals surface area contributed by atoms with Crippen molar-refractivity contribution in [2.45, 2.75) is 52.3 Å². The van der Waals surface area contributed by atoms with Crippen LogP contribution in [0.2, 0.25) is 0 Å². The average molecular weight is 622 g/mol. The quantitative estimate of drug-likeness (QED) is 0.238. The first-order valence-electron chi connectivity index (χ1n) is 13.1. The Bertz CT molecular complexity index is 1600. The fourth-order valence-electron chi connectivity index (χ4n) is 4.36. The molecule has 3 aromatic carbocycles. The molecule has 1 heterocycles. The van der Waals surface area contributed by atoms with E-state index in [4.69, 9.17) is 9.15 Å². The summed E-state index contributed by atoms with van der Waals surface area (Å²) in [6.45, 7) is 7.39. The number of fused-ring (bicyclic) bond motifs is 1. The van der Waals surface area contributed by atoms with Crippen molar-refractivity contribution in [3.8, 4) is 0 Å². The fourth-order valence-corrected chi connectivity index (χ4v) is 4.88. The number of nitrogens with one attached hydrogen (secondary N) is 2. The number of amides is 2. The van der Waals surface area contributed by atoms with Crippen molar-refractivity contribution in [2.24, 2.45) is 0 Å². The number of aryl methyl sites for hydroxylation is 1. The van der Waals surface area contributed by atoms with Gasteiger partial charge in [0.1, 0.15) is 11.6 Å². The van der Waals surface area contributed by atoms with Crippen LogP contribution >= 0.6 is 15.9 Å². The van der Waals surface area contributed by atoms with E-state index in [0.717, 1.165) is 11.1 Å². The van der Waals surface area contributed by atoms with Crippen LogP contribution < -0.4 is 16.3 Å². The highest BCUT2D eigenvalue weighted by atomic mass is 79.9. The summed E-state index contributed by atoms with van der Waals surface area (Å²) >= 11 is 3.47. The molecule has 0 saturated carbocycles. The molecule has 1 unspecified atom stereocenters. The Morgan fingerprint density at radius 3 is 2.27 bits per heavy atom. The molecule has 0 radical (unpaired) electrons. The van der Waals surface area contributed by atoms with E-state index in [2.05, 4.69) is 31.5 Å². The summed E-state index contributed by atoms with van der Waals surface area (Å²) < 4.78 is 11.4. The Balaban J connectivity index is 1.65. The molecule has 0 spiro atoms. The Morgan fingerprint density at radius 1 is 1.05 bits per heavy atom. The summed E-state index contributed by atoms with van der Waals surface area (Å²) in [4.78, 5) is 45.4. The number of anilines is 2. The molecular formula is C31H33BrN4O5. The number of ether oxygens (including phenoxy) is 1. The van der Waals surface area contributed by atoms with Crippen molar-refractivity contribution in [1.82, 2.24) is 9.88 Å². The van der Waals surface area contributed by atoms with E-state index in [0.29, 0.717) is 34.2 Å². The number of hydrogen-bond donors (Lipinski definition) is 2. The van der Waals surface area contributed by atoms with Crippen LogP contribution in [0.5, 0.6) is 0 Å². The summed E-state index contributed by atoms with van der Waals surface area (Å²) in [5, 5.41) is 5.95. The molecule has 0 saturated heterocycles. The van der Waals surface area contributed by atoms with Crippen LogP contribution in [0, 0.1) is 6.92 Å². The molecule has 0 aliphatic heterocycles. The number of likely N-dealkylation sites (N-methyl/N-ethyl adjacent to an activating group) is 1. The molecule has 0 fully saturated rings. The largest absolute Gasteiger partial charge is 0.444 e. The van der Waals surface area contributed by atoms with Crippen LogP contribution in [0.1, 0.15) is 37.5 Å². The van der Waals surface area contributed by atoms with Crippen LogP contribution in [0.3, 0.4) is 0 Å². The number of nitrogens with zero attached hydrogens (tertiary/aromatic N) is 2. The zero-order valence-corrected chi connectivity index (χ0v) is 25.2. The molecule has 0 aliphatic rings. The minimum Gasteiger partial charge on any atom is -0.444 e. The molecule has 10 heteroatoms. The van der Waals surface area contributed by atoms with E-state index in [9.17, 15) is 14.4 Å². The smallest absolute Gasteiger partial charge is 0.412 e. The van der Waals surface area contributed by atoms with Crippen molar-refractivity contribution in [3.63, 3.8) is 0 Å². The second-order valence-electron chi connectivity index (χ2n) is 10.8. The molecule has 41 heavy (non-hydrogen) atoms. The number of rotatable bonds is 8. The number of carbonyl (C=O) groups is 2. The molecule has 4 rings (SSSR count). The van der Waals surface area contributed by atoms with E-state index in [1.165, 1.54) is 0 Å². The summed E-state index contributed by atoms with van der Waals surface area (Å²) in [6, 6.07) is 20.1. The van der Waals surface area contributed by atoms with Gasteiger partial charge in [0, 0.05) is 30.2 Å². The predicted octanol–water partition coefficient (Wildman–Crippen LogP) is 6.29. The summed E-state index contributed by atoms with van der Waals surface area (Å²) in [5.74, 6) is -0.186. The third-order valence-corrected chi connectivity index (χ3v) is 6.88. The molecule has 2 N–H and O–H groups in total. The maximum Gasteiger partial charge on any atom is 0.412 e. The lowest BCUT2D eigenvalue weighted by Gasteiger charge is -2.25. The van der Waals surface area contributed by atoms with E-state index >= 15 is 0 Å². The molecule has 214 valence electrons. The summed E-state index contributed by atoms with van der Waals surface area (Å²) in [6.07, 6.45) is -0.300. The molecule has 0 aliphatic carbocycles. The lowest BCUT2D eigenvalue weighted by Crippen LogP contribution is -2.42. The Labute approximate surface area is 247 Å². The minimum atomic E-state index is -0.757. The van der Waals surface area contributed by atoms with E-state index in [-0.39, 0.29) is 17.3 Å². The van der Waals surface area contributed by atoms with Gasteiger partial charge in [0.2, 0.25) is 5.91 Å². The lowest BCUT2D eigenvalue weighted by molar-refractivity contribution is -0.131. The van der Waals surface area contributed by atoms with Gasteiger partial charge in [-0.3, -0.25) is 10.1 Å². The predicted molar refractivity (Wildman–Crippen MR) is 163 cm³/mol. The summed E-state index contributed by atoms with van der Waals surface area (Å²) in [5.41, 5.74) is 1.77. The zero-order chi connectivity index (χ0) is 29.7. The fraction of sp³-hybridized carbons (Fsp3) is 0.290. The highest BCUT2D eigenvalue weighted by molar-refractivity contribution is 9.10. The van der Waals surface area contributed by atoms with Crippen LogP contribution in [0.15, 0.2) is 80.4 Å². The Hall–Kier alpha value is -4.18. The third kappa shape index (κ3) is 7.73. The number of benzene rings is 3. The molecule has 1 aromatic heterocycles. The SMILES string of the molecule is Cc1c(NC(=O)OC(C)(C)C)cc(Br)c2nc(NC(Cc3ccccc3)C(=O)N(C)Cc3ccccc3)oc(=O)c12. The van der Waals surface area contributed by atoms with E-state index in [1.54, 1.807) is 45.7 Å². The van der Waals surface area contributed by atoms with Gasteiger partial charge in [0.15, 0.2) is 0 Å². The average Bonchev–Trinajstić information content (AvgIpc) is 2.90. The molecule has 1 atom stereocenters. The monoisotopic (exact) mass is 620 g/mol. The first-order valence-corrected chi connectivity index (χ1v) is 13.9. The normalized spacial score (nSPS) is 12.0. The number of hydrogen-bond acceptors (Lipinski definition) is 7. The van der Waals surface area contributed by atoms with Gasteiger partial charge in [0.05, 0.1) is 10.9 Å². The number of halogens is 1. The maximum atomic E-state index is 13.6. The van der Waals surface area contributed by atoms with Crippen molar-refractivity contribution in [1.29, 1.82) is 0 Å². The molecule has 4 aromatic rings. The van der Waals surface area contributed by atoms with Crippen molar-refractivity contribution in [2.75, 3.05) is 17.7 Å². The van der Waals surface area contributed by atoms with Gasteiger partial charge in [-0.1, -0.05) is 60.7 Å². The van der Waals surface area contributed by atoms with Gasteiger partial charge in [-0.05, 0) is 66.4 Å². The van der Waals surface area contributed by atoms with Gasteiger partial charge in [-0.15, -0.1) is 0 Å². The van der Waals surface area contributed by atoms with Crippen LogP contribution in [0.25, 0.3) is 10.9 Å². The van der Waals surface area contributed by atoms with Gasteiger partial charge in [0.25, 0.3) is 6.01 Å². The van der Waals surface area contributed by atoms with Gasteiger partial charge in [-0.2, -0.15) is 4.98 Å². The number of carbonyl (C=O) groups excluding carboxylic acids is 2. The van der Waals surface area contributed by atoms with Crippen molar-refractivity contribution in [3.05, 3.63) is 98.3 Å². The van der Waals surface area contributed by atoms with Crippen LogP contribution in [-0.4, -0.2) is 40.6 Å². The van der Waals surface area contributed by atoms with Gasteiger partial charge in [-0.25, -0.2) is 9.59 Å². The lowest BCUT2D eigenvalue weighted by atomic mass is 10.0. The highest BCUT2D eigenvalue weighted by Crippen LogP contribution is 2.31. The van der Waals surface area contributed by atoms with Crippen molar-refractivity contribution >= 4 is 50.5 Å². The third-order valence-electron chi connectivity index (χ3n) is 6.27. The molecule has 2 amide bonds. The standard InChI is InChI=1S/C31H33BrN4O5/c1-19-23(34-30(39)41-31(2,3)4)17-22(32)26-25(19)28(38)40-29(35-26)33-24(16-20-12-8-6-9-13-20)27(37)36(5)18-21-14-10-7-11-15-21/h6-15,17,24H,16,18H2,1-5H3,(H,33,35)(H,34,39). The van der Waals surface area contributed by atoms with E-state index in [1.807, 2.05) is 60.7 Å². The molecule has 0 bridgehead atoms. The maximum absolute atomic E-state index is 13.6. The van der Waals surface area contributed by atoms with Crippen molar-refractivity contribution < 1.29 is 18.7 Å². The second kappa shape index (κ2) is 12.6. The molecular weight excluding hydrogens is 588 g/mol. The van der Waals surface area contributed by atoms with Gasteiger partial charge >= 0.3 is 11.7 Å². The first-order chi connectivity index (χ1) is 19.4. The second-order valence-corrected chi connectivity index (χ2v) is 11.6. The number of aromatic nitrogens is 1. The molecule has 9 nitrogen and oxygen atoms in total. The first kappa shape index (κ1) is 29.8. The minimum absolute atomic E-state index is 0.0853. The van der Waals surface area contributed by atoms with E-state index < -0.39 is 23.4 Å². The Morgan fingerprint density at radius 2 is 1.66 bits per heavy atom.